The van der Waals surface area contributed by atoms with Gasteiger partial charge in [0.05, 0.1) is 13.5 Å². The fourth-order valence-corrected chi connectivity index (χ4v) is 1.98. The molecule has 1 rings (SSSR count). The van der Waals surface area contributed by atoms with Crippen LogP contribution in [0.1, 0.15) is 29.3 Å². The summed E-state index contributed by atoms with van der Waals surface area (Å²) in [5.74, 6) is -0.264. The van der Waals surface area contributed by atoms with Gasteiger partial charge in [-0.05, 0) is 21.5 Å². The molecule has 0 spiro atoms. The van der Waals surface area contributed by atoms with Crippen LogP contribution in [0.5, 0.6) is 0 Å². The molecule has 1 aromatic carbocycles. The summed E-state index contributed by atoms with van der Waals surface area (Å²) in [5, 5.41) is 0. The number of ether oxygens (including phenoxy) is 1. The molecule has 16 heavy (non-hydrogen) atoms. The number of ketones is 1. The molecule has 0 N–H and O–H groups in total. The van der Waals surface area contributed by atoms with E-state index in [2.05, 4.69) is 20.7 Å². The zero-order valence-electron chi connectivity index (χ0n) is 9.25. The first-order chi connectivity index (χ1) is 7.60. The molecule has 0 aliphatic heterocycles. The largest absolute Gasteiger partial charge is 0.469 e. The Hall–Kier alpha value is -1.16. The number of carbonyl (C=O) groups is 2. The van der Waals surface area contributed by atoms with Crippen molar-refractivity contribution in [3.05, 3.63) is 33.8 Å². The maximum absolute atomic E-state index is 11.6. The summed E-state index contributed by atoms with van der Waals surface area (Å²) in [5.41, 5.74) is 1.38. The lowest BCUT2D eigenvalue weighted by Gasteiger charge is -2.07. The number of methoxy groups -OCH3 is 1. The molecule has 0 saturated heterocycles. The average molecular weight is 285 g/mol. The minimum Gasteiger partial charge on any atom is -0.469 e. The van der Waals surface area contributed by atoms with Crippen molar-refractivity contribution in [3.8, 4) is 0 Å². The fourth-order valence-electron chi connectivity index (χ4n) is 1.35. The van der Waals surface area contributed by atoms with Crippen LogP contribution in [-0.2, 0) is 16.0 Å². The first kappa shape index (κ1) is 12.9. The van der Waals surface area contributed by atoms with Crippen LogP contribution in [0.15, 0.2) is 22.7 Å². The van der Waals surface area contributed by atoms with E-state index >= 15 is 0 Å². The Morgan fingerprint density at radius 3 is 2.62 bits per heavy atom. The van der Waals surface area contributed by atoms with E-state index < -0.39 is 0 Å². The number of Topliss-reactive ketones (excluding diaryl/α,β-unsaturated/α-hetero) is 1. The summed E-state index contributed by atoms with van der Waals surface area (Å²) in [6.45, 7) is 1.81. The third-order valence-corrected chi connectivity index (χ3v) is 3.20. The van der Waals surface area contributed by atoms with Crippen LogP contribution in [0.25, 0.3) is 0 Å². The standard InChI is InChI=1S/C12H13BrO3/c1-3-10(14)9-6-4-5-8(12(9)13)7-11(15)16-2/h4-6H,3,7H2,1-2H3. The van der Waals surface area contributed by atoms with Crippen LogP contribution >= 0.6 is 15.9 Å². The Bertz CT molecular complexity index is 413. The molecular formula is C12H13BrO3. The van der Waals surface area contributed by atoms with Gasteiger partial charge in [0.2, 0.25) is 0 Å². The normalized spacial score (nSPS) is 9.94. The second-order valence-corrected chi connectivity index (χ2v) is 4.10. The highest BCUT2D eigenvalue weighted by molar-refractivity contribution is 9.10. The lowest BCUT2D eigenvalue weighted by atomic mass is 10.0. The predicted octanol–water partition coefficient (Wildman–Crippen LogP) is 2.76. The third kappa shape index (κ3) is 2.92. The Balaban J connectivity index is 3.04. The van der Waals surface area contributed by atoms with Gasteiger partial charge in [-0.3, -0.25) is 9.59 Å². The van der Waals surface area contributed by atoms with Crippen molar-refractivity contribution < 1.29 is 14.3 Å². The molecule has 0 amide bonds. The highest BCUT2D eigenvalue weighted by atomic mass is 79.9. The van der Waals surface area contributed by atoms with Crippen molar-refractivity contribution in [3.63, 3.8) is 0 Å². The van der Waals surface area contributed by atoms with Crippen LogP contribution in [-0.4, -0.2) is 18.9 Å². The molecule has 4 heteroatoms. The Morgan fingerprint density at radius 2 is 2.06 bits per heavy atom. The molecular weight excluding hydrogens is 272 g/mol. The van der Waals surface area contributed by atoms with E-state index in [1.807, 2.05) is 6.92 Å². The average Bonchev–Trinajstić information content (AvgIpc) is 2.30. The van der Waals surface area contributed by atoms with Crippen molar-refractivity contribution in [2.45, 2.75) is 19.8 Å². The summed E-state index contributed by atoms with van der Waals surface area (Å²) in [6.07, 6.45) is 0.613. The lowest BCUT2D eigenvalue weighted by Crippen LogP contribution is -2.07. The number of benzene rings is 1. The Kier molecular flexibility index (Phi) is 4.68. The monoisotopic (exact) mass is 284 g/mol. The predicted molar refractivity (Wildman–Crippen MR) is 64.5 cm³/mol. The second-order valence-electron chi connectivity index (χ2n) is 3.31. The highest BCUT2D eigenvalue weighted by Crippen LogP contribution is 2.23. The lowest BCUT2D eigenvalue weighted by molar-refractivity contribution is -0.139. The van der Waals surface area contributed by atoms with Crippen molar-refractivity contribution >= 4 is 27.7 Å². The fraction of sp³-hybridized carbons (Fsp3) is 0.333. The van der Waals surface area contributed by atoms with Crippen LogP contribution < -0.4 is 0 Å². The molecule has 0 bridgehead atoms. The van der Waals surface area contributed by atoms with Gasteiger partial charge in [0.1, 0.15) is 0 Å². The quantitative estimate of drug-likeness (QED) is 0.631. The van der Waals surface area contributed by atoms with Gasteiger partial charge in [0.15, 0.2) is 5.78 Å². The van der Waals surface area contributed by atoms with E-state index in [-0.39, 0.29) is 18.2 Å². The third-order valence-electron chi connectivity index (χ3n) is 2.26. The molecule has 0 aliphatic rings. The molecule has 1 aromatic rings. The van der Waals surface area contributed by atoms with E-state index in [0.717, 1.165) is 5.56 Å². The zero-order chi connectivity index (χ0) is 12.1. The molecule has 0 aliphatic carbocycles. The Morgan fingerprint density at radius 1 is 1.38 bits per heavy atom. The van der Waals surface area contributed by atoms with Gasteiger partial charge in [0, 0.05) is 16.5 Å². The van der Waals surface area contributed by atoms with E-state index in [0.29, 0.717) is 16.5 Å². The number of halogens is 1. The van der Waals surface area contributed by atoms with E-state index in [9.17, 15) is 9.59 Å². The van der Waals surface area contributed by atoms with Crippen molar-refractivity contribution in [1.29, 1.82) is 0 Å². The maximum Gasteiger partial charge on any atom is 0.310 e. The van der Waals surface area contributed by atoms with Crippen LogP contribution in [0.4, 0.5) is 0 Å². The highest BCUT2D eigenvalue weighted by Gasteiger charge is 2.13. The van der Waals surface area contributed by atoms with Crippen LogP contribution in [0, 0.1) is 0 Å². The Labute approximate surface area is 103 Å². The molecule has 0 radical (unpaired) electrons. The molecule has 0 saturated carbocycles. The summed E-state index contributed by atoms with van der Waals surface area (Å²) in [7, 11) is 1.34. The first-order valence-electron chi connectivity index (χ1n) is 4.97. The summed E-state index contributed by atoms with van der Waals surface area (Å²) < 4.78 is 5.28. The molecule has 0 heterocycles. The van der Waals surface area contributed by atoms with Crippen molar-refractivity contribution in [2.24, 2.45) is 0 Å². The smallest absolute Gasteiger partial charge is 0.310 e. The van der Waals surface area contributed by atoms with E-state index in [4.69, 9.17) is 0 Å². The topological polar surface area (TPSA) is 43.4 Å². The van der Waals surface area contributed by atoms with Gasteiger partial charge in [0.25, 0.3) is 0 Å². The van der Waals surface area contributed by atoms with Crippen molar-refractivity contribution in [1.82, 2.24) is 0 Å². The SMILES string of the molecule is CCC(=O)c1cccc(CC(=O)OC)c1Br. The molecule has 0 fully saturated rings. The number of hydrogen-bond acceptors (Lipinski definition) is 3. The molecule has 0 atom stereocenters. The summed E-state index contributed by atoms with van der Waals surface area (Å²) in [4.78, 5) is 22.8. The minimum absolute atomic E-state index is 0.0543. The maximum atomic E-state index is 11.6. The van der Waals surface area contributed by atoms with Gasteiger partial charge in [-0.1, -0.05) is 25.1 Å². The van der Waals surface area contributed by atoms with Gasteiger partial charge in [-0.2, -0.15) is 0 Å². The van der Waals surface area contributed by atoms with E-state index in [1.54, 1.807) is 18.2 Å². The second kappa shape index (κ2) is 5.80. The van der Waals surface area contributed by atoms with Gasteiger partial charge >= 0.3 is 5.97 Å². The molecule has 3 nitrogen and oxygen atoms in total. The van der Waals surface area contributed by atoms with Gasteiger partial charge < -0.3 is 4.74 Å². The summed E-state index contributed by atoms with van der Waals surface area (Å²) in [6, 6.07) is 5.32. The zero-order valence-corrected chi connectivity index (χ0v) is 10.8. The number of rotatable bonds is 4. The first-order valence-corrected chi connectivity index (χ1v) is 5.76. The van der Waals surface area contributed by atoms with Gasteiger partial charge in [-0.15, -0.1) is 0 Å². The minimum atomic E-state index is -0.318. The molecule has 86 valence electrons. The number of carbonyl (C=O) groups excluding carboxylic acids is 2. The number of esters is 1. The van der Waals surface area contributed by atoms with Crippen LogP contribution in [0.2, 0.25) is 0 Å². The molecule has 0 aromatic heterocycles. The number of hydrogen-bond donors (Lipinski definition) is 0. The molecule has 0 unspecified atom stereocenters. The van der Waals surface area contributed by atoms with Gasteiger partial charge in [-0.25, -0.2) is 0 Å². The van der Waals surface area contributed by atoms with E-state index in [1.165, 1.54) is 7.11 Å². The van der Waals surface area contributed by atoms with Crippen LogP contribution in [0.3, 0.4) is 0 Å². The summed E-state index contributed by atoms with van der Waals surface area (Å²) >= 11 is 3.35. The van der Waals surface area contributed by atoms with Crippen molar-refractivity contribution in [2.75, 3.05) is 7.11 Å².